The Labute approximate surface area is 78.1 Å². The molecule has 1 fully saturated rings. The molecule has 4 heteroatoms. The minimum Gasteiger partial charge on any atom is -0.330 e. The molecule has 0 radical (unpaired) electrons. The number of nitrogens with zero attached hydrogens (tertiary/aromatic N) is 3. The van der Waals surface area contributed by atoms with Crippen molar-refractivity contribution in [2.75, 3.05) is 6.54 Å². The molecule has 4 nitrogen and oxygen atoms in total. The van der Waals surface area contributed by atoms with Gasteiger partial charge in [0, 0.05) is 12.5 Å². The molecule has 1 unspecified atom stereocenters. The van der Waals surface area contributed by atoms with Gasteiger partial charge in [-0.05, 0) is 25.3 Å². The van der Waals surface area contributed by atoms with Gasteiger partial charge in [-0.2, -0.15) is 0 Å². The number of hydrogen-bond acceptors (Lipinski definition) is 3. The summed E-state index contributed by atoms with van der Waals surface area (Å²) < 4.78 is 2.20. The molecule has 0 aromatic carbocycles. The lowest BCUT2D eigenvalue weighted by Crippen LogP contribution is -2.15. The second-order valence-corrected chi connectivity index (χ2v) is 3.93. The molecule has 0 bridgehead atoms. The summed E-state index contributed by atoms with van der Waals surface area (Å²) in [5.41, 5.74) is 5.57. The minimum atomic E-state index is 0.502. The van der Waals surface area contributed by atoms with Crippen LogP contribution in [0, 0.1) is 5.92 Å². The topological polar surface area (TPSA) is 56.7 Å². The standard InChI is InChI=1S/C9H16N4/c1-7(5-10)4-9-12-11-6-13(9)8-2-3-8/h6-8H,2-5,10H2,1H3. The van der Waals surface area contributed by atoms with E-state index >= 15 is 0 Å². The summed E-state index contributed by atoms with van der Waals surface area (Å²) >= 11 is 0. The quantitative estimate of drug-likeness (QED) is 0.744. The average molecular weight is 180 g/mol. The molecule has 1 heterocycles. The molecular weight excluding hydrogens is 164 g/mol. The predicted molar refractivity (Wildman–Crippen MR) is 50.2 cm³/mol. The molecular formula is C9H16N4. The SMILES string of the molecule is CC(CN)Cc1nncn1C1CC1. The molecule has 2 N–H and O–H groups in total. The number of rotatable bonds is 4. The third-order valence-corrected chi connectivity index (χ3v) is 2.52. The summed E-state index contributed by atoms with van der Waals surface area (Å²) in [5.74, 6) is 1.60. The first kappa shape index (κ1) is 8.69. The summed E-state index contributed by atoms with van der Waals surface area (Å²) in [6, 6.07) is 0.676. The van der Waals surface area contributed by atoms with Crippen molar-refractivity contribution in [2.45, 2.75) is 32.2 Å². The second-order valence-electron chi connectivity index (χ2n) is 3.93. The number of nitrogens with two attached hydrogens (primary N) is 1. The molecule has 1 aromatic heterocycles. The smallest absolute Gasteiger partial charge is 0.133 e. The first-order valence-corrected chi connectivity index (χ1v) is 4.89. The van der Waals surface area contributed by atoms with Crippen molar-refractivity contribution in [1.29, 1.82) is 0 Å². The van der Waals surface area contributed by atoms with E-state index in [2.05, 4.69) is 21.7 Å². The molecule has 2 rings (SSSR count). The van der Waals surface area contributed by atoms with E-state index < -0.39 is 0 Å². The molecule has 0 saturated heterocycles. The summed E-state index contributed by atoms with van der Waals surface area (Å²) in [6.45, 7) is 2.86. The van der Waals surface area contributed by atoms with Crippen molar-refractivity contribution in [2.24, 2.45) is 11.7 Å². The van der Waals surface area contributed by atoms with Crippen LogP contribution in [0.15, 0.2) is 6.33 Å². The Balaban J connectivity index is 2.05. The molecule has 1 aliphatic carbocycles. The Morgan fingerprint density at radius 1 is 1.69 bits per heavy atom. The monoisotopic (exact) mass is 180 g/mol. The summed E-state index contributed by atoms with van der Waals surface area (Å²) in [6.07, 6.45) is 5.35. The first-order valence-electron chi connectivity index (χ1n) is 4.89. The van der Waals surface area contributed by atoms with E-state index in [1.165, 1.54) is 12.8 Å². The van der Waals surface area contributed by atoms with Crippen LogP contribution in [0.2, 0.25) is 0 Å². The average Bonchev–Trinajstić information content (AvgIpc) is 2.88. The zero-order valence-electron chi connectivity index (χ0n) is 7.98. The highest BCUT2D eigenvalue weighted by atomic mass is 15.3. The first-order chi connectivity index (χ1) is 6.31. The molecule has 1 aliphatic rings. The molecule has 0 aliphatic heterocycles. The lowest BCUT2D eigenvalue weighted by Gasteiger charge is -2.08. The zero-order valence-corrected chi connectivity index (χ0v) is 7.98. The molecule has 1 atom stereocenters. The van der Waals surface area contributed by atoms with Gasteiger partial charge in [-0.15, -0.1) is 10.2 Å². The van der Waals surface area contributed by atoms with Crippen molar-refractivity contribution in [3.63, 3.8) is 0 Å². The van der Waals surface area contributed by atoms with Gasteiger partial charge in [-0.1, -0.05) is 6.92 Å². The van der Waals surface area contributed by atoms with E-state index in [1.54, 1.807) is 0 Å². The van der Waals surface area contributed by atoms with E-state index in [-0.39, 0.29) is 0 Å². The van der Waals surface area contributed by atoms with Crippen LogP contribution in [0.5, 0.6) is 0 Å². The Bertz CT molecular complexity index is 277. The summed E-state index contributed by atoms with van der Waals surface area (Å²) in [5, 5.41) is 8.07. The highest BCUT2D eigenvalue weighted by molar-refractivity contribution is 4.95. The van der Waals surface area contributed by atoms with Gasteiger partial charge in [0.1, 0.15) is 12.2 Å². The van der Waals surface area contributed by atoms with E-state index in [0.29, 0.717) is 12.0 Å². The molecule has 0 amide bonds. The lowest BCUT2D eigenvalue weighted by atomic mass is 10.1. The third kappa shape index (κ3) is 1.88. The van der Waals surface area contributed by atoms with Crippen LogP contribution in [-0.2, 0) is 6.42 Å². The van der Waals surface area contributed by atoms with Crippen LogP contribution in [0.1, 0.15) is 31.6 Å². The lowest BCUT2D eigenvalue weighted by molar-refractivity contribution is 0.545. The van der Waals surface area contributed by atoms with Crippen LogP contribution in [0.25, 0.3) is 0 Å². The number of aromatic nitrogens is 3. The second kappa shape index (κ2) is 3.46. The van der Waals surface area contributed by atoms with Gasteiger partial charge in [0.05, 0.1) is 0 Å². The van der Waals surface area contributed by atoms with Crippen LogP contribution in [-0.4, -0.2) is 21.3 Å². The van der Waals surface area contributed by atoms with E-state index in [1.807, 2.05) is 6.33 Å². The Morgan fingerprint density at radius 3 is 3.08 bits per heavy atom. The number of hydrogen-bond donors (Lipinski definition) is 1. The van der Waals surface area contributed by atoms with Gasteiger partial charge in [-0.25, -0.2) is 0 Å². The molecule has 13 heavy (non-hydrogen) atoms. The fraction of sp³-hybridized carbons (Fsp3) is 0.778. The Hall–Kier alpha value is -0.900. The molecule has 72 valence electrons. The normalized spacial score (nSPS) is 18.9. The Kier molecular flexibility index (Phi) is 2.31. The van der Waals surface area contributed by atoms with Gasteiger partial charge >= 0.3 is 0 Å². The van der Waals surface area contributed by atoms with Crippen LogP contribution < -0.4 is 5.73 Å². The van der Waals surface area contributed by atoms with Crippen molar-refractivity contribution < 1.29 is 0 Å². The van der Waals surface area contributed by atoms with Crippen molar-refractivity contribution in [1.82, 2.24) is 14.8 Å². The van der Waals surface area contributed by atoms with Crippen molar-refractivity contribution in [3.8, 4) is 0 Å². The van der Waals surface area contributed by atoms with Gasteiger partial charge in [0.15, 0.2) is 0 Å². The fourth-order valence-electron chi connectivity index (χ4n) is 1.47. The molecule has 1 aromatic rings. The Morgan fingerprint density at radius 2 is 2.46 bits per heavy atom. The zero-order chi connectivity index (χ0) is 9.26. The van der Waals surface area contributed by atoms with Crippen LogP contribution in [0.4, 0.5) is 0 Å². The maximum atomic E-state index is 5.57. The van der Waals surface area contributed by atoms with Crippen LogP contribution in [0.3, 0.4) is 0 Å². The molecule has 0 spiro atoms. The highest BCUT2D eigenvalue weighted by Gasteiger charge is 2.26. The largest absolute Gasteiger partial charge is 0.330 e. The van der Waals surface area contributed by atoms with Gasteiger partial charge in [0.2, 0.25) is 0 Å². The van der Waals surface area contributed by atoms with Gasteiger partial charge < -0.3 is 10.3 Å². The van der Waals surface area contributed by atoms with Crippen LogP contribution >= 0.6 is 0 Å². The fourth-order valence-corrected chi connectivity index (χ4v) is 1.47. The summed E-state index contributed by atoms with van der Waals surface area (Å²) in [7, 11) is 0. The third-order valence-electron chi connectivity index (χ3n) is 2.52. The van der Waals surface area contributed by atoms with E-state index in [9.17, 15) is 0 Å². The van der Waals surface area contributed by atoms with Gasteiger partial charge in [-0.3, -0.25) is 0 Å². The summed E-state index contributed by atoms with van der Waals surface area (Å²) in [4.78, 5) is 0. The van der Waals surface area contributed by atoms with Crippen molar-refractivity contribution >= 4 is 0 Å². The van der Waals surface area contributed by atoms with E-state index in [4.69, 9.17) is 5.73 Å². The van der Waals surface area contributed by atoms with Crippen molar-refractivity contribution in [3.05, 3.63) is 12.2 Å². The maximum absolute atomic E-state index is 5.57. The van der Waals surface area contributed by atoms with E-state index in [0.717, 1.165) is 18.8 Å². The minimum absolute atomic E-state index is 0.502. The van der Waals surface area contributed by atoms with Gasteiger partial charge in [0.25, 0.3) is 0 Å². The predicted octanol–water partition coefficient (Wildman–Crippen LogP) is 0.750. The molecule has 1 saturated carbocycles. The highest BCUT2D eigenvalue weighted by Crippen LogP contribution is 2.35. The maximum Gasteiger partial charge on any atom is 0.133 e.